The molecule has 2 N–H and O–H groups in total. The number of aromatic nitrogens is 1. The summed E-state index contributed by atoms with van der Waals surface area (Å²) in [5.41, 5.74) is 2.25. The van der Waals surface area contributed by atoms with Crippen molar-refractivity contribution in [3.63, 3.8) is 0 Å². The molecule has 1 aromatic heterocycles. The molecule has 0 bridgehead atoms. The van der Waals surface area contributed by atoms with Crippen molar-refractivity contribution >= 4 is 33.2 Å². The van der Waals surface area contributed by atoms with E-state index in [1.165, 1.54) is 16.3 Å². The molecule has 3 aromatic rings. The molecular formula is C20H25N5S. The van der Waals surface area contributed by atoms with Gasteiger partial charge in [0.25, 0.3) is 0 Å². The molecule has 0 radical (unpaired) electrons. The van der Waals surface area contributed by atoms with Gasteiger partial charge in [0, 0.05) is 26.5 Å². The van der Waals surface area contributed by atoms with E-state index >= 15 is 0 Å². The topological polar surface area (TPSA) is 52.6 Å². The minimum Gasteiger partial charge on any atom is -0.354 e. The highest BCUT2D eigenvalue weighted by Gasteiger charge is 2.09. The van der Waals surface area contributed by atoms with Gasteiger partial charge in [0.1, 0.15) is 0 Å². The molecule has 0 amide bonds. The first-order valence-corrected chi connectivity index (χ1v) is 9.52. The summed E-state index contributed by atoms with van der Waals surface area (Å²) in [5.74, 6) is 0.769. The summed E-state index contributed by atoms with van der Waals surface area (Å²) in [6.07, 6.45) is 0. The van der Waals surface area contributed by atoms with Crippen LogP contribution in [0.4, 0.5) is 5.13 Å². The van der Waals surface area contributed by atoms with Gasteiger partial charge >= 0.3 is 0 Å². The van der Waals surface area contributed by atoms with E-state index in [4.69, 9.17) is 0 Å². The lowest BCUT2D eigenvalue weighted by Crippen LogP contribution is -2.38. The van der Waals surface area contributed by atoms with Crippen molar-refractivity contribution in [2.45, 2.75) is 19.5 Å². The number of hydrogen-bond acceptors (Lipinski definition) is 4. The largest absolute Gasteiger partial charge is 0.354 e. The molecule has 136 valence electrons. The maximum atomic E-state index is 4.59. The molecule has 3 rings (SSSR count). The predicted octanol–water partition coefficient (Wildman–Crippen LogP) is 3.79. The lowest BCUT2D eigenvalue weighted by Gasteiger charge is -2.18. The molecule has 6 heteroatoms. The third-order valence-corrected chi connectivity index (χ3v) is 5.27. The first kappa shape index (κ1) is 18.2. The van der Waals surface area contributed by atoms with E-state index in [1.807, 2.05) is 19.0 Å². The molecule has 1 unspecified atom stereocenters. The molecule has 1 heterocycles. The van der Waals surface area contributed by atoms with E-state index < -0.39 is 0 Å². The lowest BCUT2D eigenvalue weighted by atomic mass is 10.0. The fourth-order valence-corrected chi connectivity index (χ4v) is 3.48. The smallest absolute Gasteiger partial charge is 0.191 e. The van der Waals surface area contributed by atoms with Crippen molar-refractivity contribution in [2.24, 2.45) is 4.99 Å². The minimum atomic E-state index is 0.151. The number of benzene rings is 2. The van der Waals surface area contributed by atoms with Gasteiger partial charge in [-0.1, -0.05) is 36.4 Å². The van der Waals surface area contributed by atoms with E-state index in [0.29, 0.717) is 6.54 Å². The molecule has 0 saturated heterocycles. The van der Waals surface area contributed by atoms with Gasteiger partial charge in [0.05, 0.1) is 18.3 Å². The number of thiazole rings is 1. The van der Waals surface area contributed by atoms with Gasteiger partial charge in [-0.25, -0.2) is 4.98 Å². The maximum absolute atomic E-state index is 4.59. The van der Waals surface area contributed by atoms with Crippen LogP contribution in [-0.2, 0) is 6.54 Å². The average Bonchev–Trinajstić information content (AvgIpc) is 3.14. The summed E-state index contributed by atoms with van der Waals surface area (Å²) < 4.78 is 0. The Morgan fingerprint density at radius 3 is 2.65 bits per heavy atom. The maximum Gasteiger partial charge on any atom is 0.191 e. The van der Waals surface area contributed by atoms with Crippen molar-refractivity contribution in [3.8, 4) is 0 Å². The van der Waals surface area contributed by atoms with E-state index in [-0.39, 0.29) is 6.04 Å². The first-order valence-electron chi connectivity index (χ1n) is 8.64. The van der Waals surface area contributed by atoms with E-state index in [1.54, 1.807) is 18.4 Å². The third-order valence-electron chi connectivity index (χ3n) is 4.21. The quantitative estimate of drug-likeness (QED) is 0.532. The summed E-state index contributed by atoms with van der Waals surface area (Å²) in [7, 11) is 5.79. The Morgan fingerprint density at radius 1 is 1.19 bits per heavy atom. The molecule has 26 heavy (non-hydrogen) atoms. The molecule has 0 saturated carbocycles. The number of aliphatic imine (C=N–C) groups is 1. The minimum absolute atomic E-state index is 0.151. The monoisotopic (exact) mass is 367 g/mol. The van der Waals surface area contributed by atoms with Crippen LogP contribution in [0.15, 0.2) is 52.8 Å². The Labute approximate surface area is 158 Å². The number of fused-ring (bicyclic) bond motifs is 1. The molecule has 0 aliphatic rings. The highest BCUT2D eigenvalue weighted by Crippen LogP contribution is 2.20. The van der Waals surface area contributed by atoms with E-state index in [9.17, 15) is 0 Å². The number of guanidine groups is 1. The zero-order valence-electron chi connectivity index (χ0n) is 15.7. The zero-order chi connectivity index (χ0) is 18.5. The number of rotatable bonds is 5. The summed E-state index contributed by atoms with van der Waals surface area (Å²) >= 11 is 1.64. The standard InChI is InChI=1S/C20H25N5S/c1-14(16-10-9-15-7-5-6-8-17(15)11-16)23-19(21-2)22-12-18-13-26-20(24-18)25(3)4/h5-11,13-14H,12H2,1-4H3,(H2,21,22,23). The summed E-state index contributed by atoms with van der Waals surface area (Å²) in [6, 6.07) is 15.1. The lowest BCUT2D eigenvalue weighted by molar-refractivity contribution is 0.684. The number of nitrogens with one attached hydrogen (secondary N) is 2. The van der Waals surface area contributed by atoms with Gasteiger partial charge in [-0.2, -0.15) is 0 Å². The molecule has 0 spiro atoms. The van der Waals surface area contributed by atoms with Gasteiger partial charge < -0.3 is 15.5 Å². The molecule has 0 aliphatic carbocycles. The van der Waals surface area contributed by atoms with Crippen LogP contribution in [0.1, 0.15) is 24.2 Å². The number of nitrogens with zero attached hydrogens (tertiary/aromatic N) is 3. The highest BCUT2D eigenvalue weighted by molar-refractivity contribution is 7.13. The van der Waals surface area contributed by atoms with Crippen LogP contribution in [0.25, 0.3) is 10.8 Å². The summed E-state index contributed by atoms with van der Waals surface area (Å²) in [6.45, 7) is 2.79. The summed E-state index contributed by atoms with van der Waals surface area (Å²) in [5, 5.41) is 12.4. The molecule has 5 nitrogen and oxygen atoms in total. The first-order chi connectivity index (χ1) is 12.6. The van der Waals surface area contributed by atoms with Gasteiger partial charge in [-0.15, -0.1) is 11.3 Å². The Balaban J connectivity index is 1.62. The summed E-state index contributed by atoms with van der Waals surface area (Å²) in [4.78, 5) is 10.9. The van der Waals surface area contributed by atoms with Crippen LogP contribution in [0, 0.1) is 0 Å². The van der Waals surface area contributed by atoms with E-state index in [2.05, 4.69) is 75.4 Å². The SMILES string of the molecule is CN=C(NCc1csc(N(C)C)n1)NC(C)c1ccc2ccccc2c1. The van der Waals surface area contributed by atoms with Crippen LogP contribution >= 0.6 is 11.3 Å². The van der Waals surface area contributed by atoms with Crippen LogP contribution in [0.5, 0.6) is 0 Å². The highest BCUT2D eigenvalue weighted by atomic mass is 32.1. The Hall–Kier alpha value is -2.60. The van der Waals surface area contributed by atoms with Gasteiger partial charge in [-0.3, -0.25) is 4.99 Å². The molecule has 1 atom stereocenters. The van der Waals surface area contributed by atoms with Crippen LogP contribution in [0.3, 0.4) is 0 Å². The van der Waals surface area contributed by atoms with Crippen molar-refractivity contribution in [1.82, 2.24) is 15.6 Å². The van der Waals surface area contributed by atoms with Crippen molar-refractivity contribution in [1.29, 1.82) is 0 Å². The Bertz CT molecular complexity index is 900. The van der Waals surface area contributed by atoms with Crippen LogP contribution in [-0.4, -0.2) is 32.1 Å². The van der Waals surface area contributed by atoms with Crippen molar-refractivity contribution in [3.05, 3.63) is 59.1 Å². The van der Waals surface area contributed by atoms with Gasteiger partial charge in [-0.05, 0) is 29.3 Å². The predicted molar refractivity (Wildman–Crippen MR) is 112 cm³/mol. The molecular weight excluding hydrogens is 342 g/mol. The van der Waals surface area contributed by atoms with Gasteiger partial charge in [0.2, 0.25) is 0 Å². The van der Waals surface area contributed by atoms with Crippen molar-refractivity contribution in [2.75, 3.05) is 26.0 Å². The molecule has 0 aliphatic heterocycles. The third kappa shape index (κ3) is 4.32. The second-order valence-corrected chi connectivity index (χ2v) is 7.25. The fraction of sp³-hybridized carbons (Fsp3) is 0.300. The Kier molecular flexibility index (Phi) is 5.73. The average molecular weight is 368 g/mol. The van der Waals surface area contributed by atoms with Crippen LogP contribution in [0.2, 0.25) is 0 Å². The molecule has 2 aromatic carbocycles. The Morgan fingerprint density at radius 2 is 1.96 bits per heavy atom. The normalized spacial score (nSPS) is 12.8. The van der Waals surface area contributed by atoms with Crippen LogP contribution < -0.4 is 15.5 Å². The zero-order valence-corrected chi connectivity index (χ0v) is 16.5. The second kappa shape index (κ2) is 8.19. The number of hydrogen-bond donors (Lipinski definition) is 2. The second-order valence-electron chi connectivity index (χ2n) is 6.41. The van der Waals surface area contributed by atoms with E-state index in [0.717, 1.165) is 16.8 Å². The molecule has 0 fully saturated rings. The fourth-order valence-electron chi connectivity index (χ4n) is 2.72. The van der Waals surface area contributed by atoms with Crippen molar-refractivity contribution < 1.29 is 0 Å². The number of anilines is 1. The van der Waals surface area contributed by atoms with Gasteiger partial charge in [0.15, 0.2) is 11.1 Å².